The van der Waals surface area contributed by atoms with Crippen molar-refractivity contribution >= 4 is 40.8 Å². The first-order chi connectivity index (χ1) is 7.10. The molecule has 0 aromatic rings. The minimum Gasteiger partial charge on any atom is -0.466 e. The molecule has 0 heterocycles. The van der Waals surface area contributed by atoms with E-state index in [1.807, 2.05) is 13.8 Å². The van der Waals surface area contributed by atoms with Crippen LogP contribution in [0.15, 0.2) is 12.2 Å². The molecular weight excluding hydrogens is 270 g/mol. The van der Waals surface area contributed by atoms with E-state index in [4.69, 9.17) is 39.5 Å². The van der Waals surface area contributed by atoms with Crippen LogP contribution in [0.3, 0.4) is 0 Å². The molecular formula is C11H17Cl3O2. The van der Waals surface area contributed by atoms with E-state index in [2.05, 4.69) is 0 Å². The van der Waals surface area contributed by atoms with Gasteiger partial charge in [-0.05, 0) is 18.4 Å². The fourth-order valence-electron chi connectivity index (χ4n) is 1.02. The maximum atomic E-state index is 11.6. The molecule has 0 fully saturated rings. The zero-order chi connectivity index (χ0) is 13.0. The van der Waals surface area contributed by atoms with E-state index < -0.39 is 9.21 Å². The molecule has 0 aliphatic carbocycles. The molecule has 5 heteroatoms. The molecule has 0 saturated carbocycles. The number of halogens is 3. The second-order valence-electron chi connectivity index (χ2n) is 4.17. The van der Waals surface area contributed by atoms with Crippen LogP contribution in [0.5, 0.6) is 0 Å². The molecule has 0 rings (SSSR count). The molecule has 0 spiro atoms. The average molecular weight is 288 g/mol. The Morgan fingerprint density at radius 2 is 1.81 bits per heavy atom. The highest BCUT2D eigenvalue weighted by atomic mass is 35.6. The van der Waals surface area contributed by atoms with Crippen molar-refractivity contribution in [1.82, 2.24) is 0 Å². The van der Waals surface area contributed by atoms with Crippen LogP contribution in [0, 0.1) is 11.3 Å². The molecule has 0 aliphatic heterocycles. The van der Waals surface area contributed by atoms with Crippen molar-refractivity contribution in [3.8, 4) is 0 Å². The number of carbonyl (C=O) groups is 1. The Labute approximate surface area is 112 Å². The molecule has 0 saturated heterocycles. The van der Waals surface area contributed by atoms with Crippen molar-refractivity contribution in [3.63, 3.8) is 0 Å². The molecule has 0 N–H and O–H groups in total. The monoisotopic (exact) mass is 286 g/mol. The molecule has 0 aromatic heterocycles. The summed E-state index contributed by atoms with van der Waals surface area (Å²) in [5, 5.41) is 0. The van der Waals surface area contributed by atoms with Crippen molar-refractivity contribution < 1.29 is 9.53 Å². The molecule has 1 unspecified atom stereocenters. The van der Waals surface area contributed by atoms with Crippen molar-refractivity contribution in [1.29, 1.82) is 0 Å². The minimum atomic E-state index is -1.44. The first kappa shape index (κ1) is 16.1. The van der Waals surface area contributed by atoms with E-state index >= 15 is 0 Å². The lowest BCUT2D eigenvalue weighted by molar-refractivity contribution is -0.150. The predicted molar refractivity (Wildman–Crippen MR) is 69.0 cm³/mol. The van der Waals surface area contributed by atoms with Crippen molar-refractivity contribution in [2.75, 3.05) is 6.61 Å². The molecule has 0 aliphatic rings. The molecule has 0 bridgehead atoms. The SMILES string of the molecule is CCOC(=O)C(C)C(C)(C)C=CC(Cl)(Cl)Cl. The standard InChI is InChI=1S/C11H17Cl3O2/c1-5-16-9(15)8(2)10(3,4)6-7-11(12,13)14/h6-8H,5H2,1-4H3. The highest BCUT2D eigenvalue weighted by Crippen LogP contribution is 2.34. The van der Waals surface area contributed by atoms with Crippen molar-refractivity contribution in [3.05, 3.63) is 12.2 Å². The van der Waals surface area contributed by atoms with Gasteiger partial charge in [-0.25, -0.2) is 0 Å². The van der Waals surface area contributed by atoms with Gasteiger partial charge in [-0.3, -0.25) is 4.79 Å². The van der Waals surface area contributed by atoms with Gasteiger partial charge in [0.25, 0.3) is 0 Å². The van der Waals surface area contributed by atoms with Gasteiger partial charge >= 0.3 is 5.97 Å². The van der Waals surface area contributed by atoms with Gasteiger partial charge in [-0.1, -0.05) is 61.7 Å². The quantitative estimate of drug-likeness (QED) is 0.441. The number of hydrogen-bond acceptors (Lipinski definition) is 2. The summed E-state index contributed by atoms with van der Waals surface area (Å²) in [7, 11) is 0. The Morgan fingerprint density at radius 1 is 1.31 bits per heavy atom. The number of carbonyl (C=O) groups excluding carboxylic acids is 1. The zero-order valence-electron chi connectivity index (χ0n) is 9.89. The van der Waals surface area contributed by atoms with Gasteiger partial charge in [0.05, 0.1) is 12.5 Å². The van der Waals surface area contributed by atoms with Crippen LogP contribution in [0.25, 0.3) is 0 Å². The van der Waals surface area contributed by atoms with E-state index in [9.17, 15) is 4.79 Å². The largest absolute Gasteiger partial charge is 0.466 e. The van der Waals surface area contributed by atoms with E-state index in [0.717, 1.165) is 0 Å². The van der Waals surface area contributed by atoms with E-state index in [-0.39, 0.29) is 11.9 Å². The Morgan fingerprint density at radius 3 is 2.19 bits per heavy atom. The van der Waals surface area contributed by atoms with Gasteiger partial charge in [0.2, 0.25) is 3.79 Å². The molecule has 1 atom stereocenters. The van der Waals surface area contributed by atoms with Gasteiger partial charge in [0.15, 0.2) is 0 Å². The second kappa shape index (κ2) is 6.13. The lowest BCUT2D eigenvalue weighted by Gasteiger charge is -2.27. The topological polar surface area (TPSA) is 26.3 Å². The maximum absolute atomic E-state index is 11.6. The summed E-state index contributed by atoms with van der Waals surface area (Å²) in [6, 6.07) is 0. The summed E-state index contributed by atoms with van der Waals surface area (Å²) in [6.07, 6.45) is 3.18. The van der Waals surface area contributed by atoms with Crippen LogP contribution in [-0.2, 0) is 9.53 Å². The molecule has 0 aromatic carbocycles. The maximum Gasteiger partial charge on any atom is 0.309 e. The van der Waals surface area contributed by atoms with Gasteiger partial charge in [-0.2, -0.15) is 0 Å². The normalized spacial score (nSPS) is 15.2. The van der Waals surface area contributed by atoms with Crippen LogP contribution in [0.4, 0.5) is 0 Å². The Hall–Kier alpha value is 0.0800. The lowest BCUT2D eigenvalue weighted by Crippen LogP contribution is -2.29. The average Bonchev–Trinajstić information content (AvgIpc) is 2.13. The van der Waals surface area contributed by atoms with Crippen molar-refractivity contribution in [2.45, 2.75) is 31.5 Å². The summed E-state index contributed by atoms with van der Waals surface area (Å²) in [6.45, 7) is 7.71. The van der Waals surface area contributed by atoms with Gasteiger partial charge in [0, 0.05) is 0 Å². The Bertz CT molecular complexity index is 267. The Kier molecular flexibility index (Phi) is 6.16. The van der Waals surface area contributed by atoms with Crippen LogP contribution in [-0.4, -0.2) is 16.4 Å². The number of allylic oxidation sites excluding steroid dienone is 2. The van der Waals surface area contributed by atoms with Gasteiger partial charge in [-0.15, -0.1) is 0 Å². The molecule has 94 valence electrons. The number of rotatable bonds is 4. The summed E-state index contributed by atoms with van der Waals surface area (Å²) in [5.74, 6) is -0.544. The number of esters is 1. The molecule has 0 radical (unpaired) electrons. The van der Waals surface area contributed by atoms with Crippen LogP contribution in [0.1, 0.15) is 27.7 Å². The number of alkyl halides is 3. The molecule has 16 heavy (non-hydrogen) atoms. The highest BCUT2D eigenvalue weighted by Gasteiger charge is 2.31. The predicted octanol–water partition coefficient (Wildman–Crippen LogP) is 4.14. The third-order valence-corrected chi connectivity index (χ3v) is 2.84. The van der Waals surface area contributed by atoms with Crippen molar-refractivity contribution in [2.24, 2.45) is 11.3 Å². The van der Waals surface area contributed by atoms with Crippen LogP contribution >= 0.6 is 34.8 Å². The third-order valence-electron chi connectivity index (χ3n) is 2.46. The summed E-state index contributed by atoms with van der Waals surface area (Å²) >= 11 is 16.8. The first-order valence-electron chi connectivity index (χ1n) is 5.04. The fraction of sp³-hybridized carbons (Fsp3) is 0.727. The first-order valence-corrected chi connectivity index (χ1v) is 6.17. The van der Waals surface area contributed by atoms with Gasteiger partial charge in [0.1, 0.15) is 0 Å². The third kappa shape index (κ3) is 5.97. The van der Waals surface area contributed by atoms with Crippen LogP contribution < -0.4 is 0 Å². The van der Waals surface area contributed by atoms with Crippen LogP contribution in [0.2, 0.25) is 0 Å². The smallest absolute Gasteiger partial charge is 0.309 e. The van der Waals surface area contributed by atoms with E-state index in [1.165, 1.54) is 6.08 Å². The summed E-state index contributed by atoms with van der Waals surface area (Å²) < 4.78 is 3.51. The van der Waals surface area contributed by atoms with Gasteiger partial charge < -0.3 is 4.74 Å². The Balaban J connectivity index is 4.66. The summed E-state index contributed by atoms with van der Waals surface area (Å²) in [5.41, 5.74) is -0.420. The summed E-state index contributed by atoms with van der Waals surface area (Å²) in [4.78, 5) is 11.6. The second-order valence-corrected chi connectivity index (χ2v) is 6.54. The zero-order valence-corrected chi connectivity index (χ0v) is 12.2. The number of hydrogen-bond donors (Lipinski definition) is 0. The molecule has 2 nitrogen and oxygen atoms in total. The van der Waals surface area contributed by atoms with E-state index in [1.54, 1.807) is 19.9 Å². The highest BCUT2D eigenvalue weighted by molar-refractivity contribution is 6.68. The number of ether oxygens (including phenoxy) is 1. The fourth-order valence-corrected chi connectivity index (χ4v) is 1.21. The van der Waals surface area contributed by atoms with E-state index in [0.29, 0.717) is 6.61 Å². The molecule has 0 amide bonds. The minimum absolute atomic E-state index is 0.249. The lowest BCUT2D eigenvalue weighted by atomic mass is 9.80.